The summed E-state index contributed by atoms with van der Waals surface area (Å²) in [5.41, 5.74) is 0. The van der Waals surface area contributed by atoms with E-state index in [2.05, 4.69) is 5.32 Å². The highest BCUT2D eigenvalue weighted by molar-refractivity contribution is 5.74. The van der Waals surface area contributed by atoms with Crippen LogP contribution < -0.4 is 5.32 Å². The Kier molecular flexibility index (Phi) is 8.16. The van der Waals surface area contributed by atoms with Gasteiger partial charge in [0, 0.05) is 34.6 Å². The number of rotatable bonds is 6. The predicted molar refractivity (Wildman–Crippen MR) is 85.8 cm³/mol. The van der Waals surface area contributed by atoms with Crippen LogP contribution in [0, 0.1) is 0 Å². The first-order valence-electron chi connectivity index (χ1n) is 8.08. The van der Waals surface area contributed by atoms with Crippen LogP contribution in [0.1, 0.15) is 34.6 Å². The summed E-state index contributed by atoms with van der Waals surface area (Å²) in [6, 6.07) is -1.16. The second kappa shape index (κ2) is 9.86. The number of carbonyl (C=O) groups is 5. The Morgan fingerprint density at radius 3 is 1.74 bits per heavy atom. The Morgan fingerprint density at radius 1 is 0.778 bits per heavy atom. The van der Waals surface area contributed by atoms with Crippen molar-refractivity contribution >= 4 is 29.8 Å². The Hall–Kier alpha value is -2.69. The molecule has 0 aliphatic carbocycles. The molecule has 1 saturated heterocycles. The number of nitrogens with one attached hydrogen (secondary N) is 1. The van der Waals surface area contributed by atoms with E-state index in [0.29, 0.717) is 0 Å². The van der Waals surface area contributed by atoms with Crippen LogP contribution in [0.15, 0.2) is 0 Å². The largest absolute Gasteiger partial charge is 0.463 e. The van der Waals surface area contributed by atoms with E-state index in [0.717, 1.165) is 27.7 Å². The van der Waals surface area contributed by atoms with Gasteiger partial charge in [-0.25, -0.2) is 0 Å². The van der Waals surface area contributed by atoms with Gasteiger partial charge >= 0.3 is 23.9 Å². The van der Waals surface area contributed by atoms with Gasteiger partial charge < -0.3 is 29.0 Å². The molecule has 11 nitrogen and oxygen atoms in total. The molecule has 1 N–H and O–H groups in total. The molecule has 1 fully saturated rings. The van der Waals surface area contributed by atoms with Gasteiger partial charge in [-0.3, -0.25) is 24.0 Å². The Balaban J connectivity index is 3.29. The van der Waals surface area contributed by atoms with Crippen LogP contribution >= 0.6 is 0 Å². The van der Waals surface area contributed by atoms with Crippen molar-refractivity contribution in [3.63, 3.8) is 0 Å². The van der Waals surface area contributed by atoms with E-state index in [1.54, 1.807) is 0 Å². The third-order valence-corrected chi connectivity index (χ3v) is 3.35. The van der Waals surface area contributed by atoms with Gasteiger partial charge in [0.15, 0.2) is 12.2 Å². The second-order valence-corrected chi connectivity index (χ2v) is 5.83. The maximum Gasteiger partial charge on any atom is 0.305 e. The summed E-state index contributed by atoms with van der Waals surface area (Å²) < 4.78 is 25.9. The van der Waals surface area contributed by atoms with Crippen molar-refractivity contribution in [2.45, 2.75) is 65.3 Å². The molecule has 0 bridgehead atoms. The maximum atomic E-state index is 11.6. The van der Waals surface area contributed by atoms with Crippen LogP contribution in [0.25, 0.3) is 0 Å². The van der Waals surface area contributed by atoms with Crippen molar-refractivity contribution in [1.82, 2.24) is 5.32 Å². The van der Waals surface area contributed by atoms with E-state index < -0.39 is 60.4 Å². The van der Waals surface area contributed by atoms with E-state index in [1.165, 1.54) is 6.92 Å². The third-order valence-electron chi connectivity index (χ3n) is 3.35. The van der Waals surface area contributed by atoms with Crippen LogP contribution in [-0.2, 0) is 47.7 Å². The molecule has 1 aliphatic heterocycles. The predicted octanol–water partition coefficient (Wildman–Crippen LogP) is -0.794. The zero-order valence-electron chi connectivity index (χ0n) is 15.7. The van der Waals surface area contributed by atoms with Gasteiger partial charge in [-0.1, -0.05) is 0 Å². The number of hydrogen-bond donors (Lipinski definition) is 1. The van der Waals surface area contributed by atoms with Gasteiger partial charge in [0.05, 0.1) is 0 Å². The molecule has 0 spiro atoms. The molecule has 1 aliphatic rings. The van der Waals surface area contributed by atoms with Crippen LogP contribution in [-0.4, -0.2) is 67.0 Å². The molecule has 0 aromatic carbocycles. The van der Waals surface area contributed by atoms with Gasteiger partial charge in [0.2, 0.25) is 12.2 Å². The highest BCUT2D eigenvalue weighted by atomic mass is 16.7. The fraction of sp³-hybridized carbons (Fsp3) is 0.688. The molecule has 0 radical (unpaired) electrons. The van der Waals surface area contributed by atoms with Gasteiger partial charge in [-0.15, -0.1) is 0 Å². The lowest BCUT2D eigenvalue weighted by Crippen LogP contribution is -2.66. The fourth-order valence-electron chi connectivity index (χ4n) is 2.55. The first-order valence-corrected chi connectivity index (χ1v) is 8.08. The van der Waals surface area contributed by atoms with Crippen molar-refractivity contribution in [2.75, 3.05) is 6.61 Å². The zero-order chi connectivity index (χ0) is 20.7. The second-order valence-electron chi connectivity index (χ2n) is 5.83. The topological polar surface area (TPSA) is 144 Å². The molecular weight excluding hydrogens is 366 g/mol. The van der Waals surface area contributed by atoms with E-state index in [1.807, 2.05) is 0 Å². The molecule has 0 aromatic rings. The molecule has 0 unspecified atom stereocenters. The van der Waals surface area contributed by atoms with Crippen molar-refractivity contribution in [2.24, 2.45) is 0 Å². The Bertz CT molecular complexity index is 604. The molecule has 27 heavy (non-hydrogen) atoms. The van der Waals surface area contributed by atoms with E-state index in [-0.39, 0.29) is 6.61 Å². The normalized spacial score (nSPS) is 27.1. The quantitative estimate of drug-likeness (QED) is 0.453. The molecule has 1 heterocycles. The van der Waals surface area contributed by atoms with Crippen LogP contribution in [0.5, 0.6) is 0 Å². The number of amides is 1. The Labute approximate surface area is 155 Å². The minimum absolute atomic E-state index is 0.365. The van der Waals surface area contributed by atoms with Gasteiger partial charge in [0.1, 0.15) is 18.8 Å². The summed E-state index contributed by atoms with van der Waals surface area (Å²) >= 11 is 0. The third kappa shape index (κ3) is 7.21. The number of carbonyl (C=O) groups excluding carboxylic acids is 5. The summed E-state index contributed by atoms with van der Waals surface area (Å²) in [5, 5.41) is 2.46. The Morgan fingerprint density at radius 2 is 1.30 bits per heavy atom. The van der Waals surface area contributed by atoms with Gasteiger partial charge in [-0.2, -0.15) is 0 Å². The average molecular weight is 389 g/mol. The smallest absolute Gasteiger partial charge is 0.305 e. The highest BCUT2D eigenvalue weighted by Gasteiger charge is 2.52. The van der Waals surface area contributed by atoms with Crippen molar-refractivity contribution in [3.8, 4) is 0 Å². The van der Waals surface area contributed by atoms with Crippen LogP contribution in [0.4, 0.5) is 0 Å². The maximum absolute atomic E-state index is 11.6. The van der Waals surface area contributed by atoms with Gasteiger partial charge in [-0.05, 0) is 0 Å². The van der Waals surface area contributed by atoms with Crippen molar-refractivity contribution in [3.05, 3.63) is 0 Å². The molecule has 11 heteroatoms. The number of ether oxygens (including phenoxy) is 5. The lowest BCUT2D eigenvalue weighted by Gasteiger charge is -2.44. The van der Waals surface area contributed by atoms with Crippen LogP contribution in [0.2, 0.25) is 0 Å². The first kappa shape index (κ1) is 22.4. The van der Waals surface area contributed by atoms with E-state index >= 15 is 0 Å². The lowest BCUT2D eigenvalue weighted by molar-refractivity contribution is -0.270. The molecule has 1 rings (SSSR count). The molecular formula is C16H23NO10. The first-order chi connectivity index (χ1) is 12.5. The minimum Gasteiger partial charge on any atom is -0.463 e. The van der Waals surface area contributed by atoms with Crippen molar-refractivity contribution < 1.29 is 47.7 Å². The summed E-state index contributed by atoms with van der Waals surface area (Å²) in [4.78, 5) is 57.2. The summed E-state index contributed by atoms with van der Waals surface area (Å²) in [5.74, 6) is -3.34. The van der Waals surface area contributed by atoms with Crippen molar-refractivity contribution in [1.29, 1.82) is 0 Å². The summed E-state index contributed by atoms with van der Waals surface area (Å²) in [6.45, 7) is 5.36. The number of hydrogen-bond acceptors (Lipinski definition) is 10. The molecule has 5 atom stereocenters. The standard InChI is InChI=1S/C16H23NO10/c1-7(18)17-13-15(25-10(4)21)14(24-9(3)20)12(6-23-8(2)19)27-16(13)26-11(5)22/h12-16H,6H2,1-5H3,(H,17,18)/t12-,13+,14+,15-,16-/m0/s1. The molecule has 1 amide bonds. The summed E-state index contributed by atoms with van der Waals surface area (Å²) in [6.07, 6.45) is -4.97. The lowest BCUT2D eigenvalue weighted by atomic mass is 9.96. The molecule has 152 valence electrons. The number of esters is 4. The monoisotopic (exact) mass is 389 g/mol. The van der Waals surface area contributed by atoms with E-state index in [4.69, 9.17) is 23.7 Å². The fourth-order valence-corrected chi connectivity index (χ4v) is 2.55. The molecule has 0 saturated carbocycles. The highest BCUT2D eigenvalue weighted by Crippen LogP contribution is 2.28. The summed E-state index contributed by atoms with van der Waals surface area (Å²) in [7, 11) is 0. The molecule has 0 aromatic heterocycles. The minimum atomic E-state index is -1.37. The van der Waals surface area contributed by atoms with E-state index in [9.17, 15) is 24.0 Å². The SMILES string of the molecule is CC(=O)N[C@H]1[C@@H](OC(C)=O)O[C@@H](COC(C)=O)[C@@H](OC(C)=O)[C@H]1OC(C)=O. The van der Waals surface area contributed by atoms with Crippen LogP contribution in [0.3, 0.4) is 0 Å². The average Bonchev–Trinajstić information content (AvgIpc) is 2.49. The van der Waals surface area contributed by atoms with Gasteiger partial charge in [0.25, 0.3) is 0 Å². The zero-order valence-corrected chi connectivity index (χ0v) is 15.7.